The number of rotatable bonds is 8. The van der Waals surface area contributed by atoms with Crippen molar-refractivity contribution in [3.8, 4) is 0 Å². The van der Waals surface area contributed by atoms with E-state index < -0.39 is 10.0 Å². The Morgan fingerprint density at radius 3 is 2.44 bits per heavy atom. The van der Waals surface area contributed by atoms with Gasteiger partial charge in [0.05, 0.1) is 5.75 Å². The van der Waals surface area contributed by atoms with Gasteiger partial charge in [-0.1, -0.05) is 44.2 Å². The molecule has 0 radical (unpaired) electrons. The molecule has 0 fully saturated rings. The zero-order chi connectivity index (χ0) is 13.4. The summed E-state index contributed by atoms with van der Waals surface area (Å²) in [6.07, 6.45) is 0.627. The van der Waals surface area contributed by atoms with Crippen LogP contribution in [-0.2, 0) is 16.6 Å². The molecular formula is C13H22N2O2S. The third-order valence-corrected chi connectivity index (χ3v) is 3.89. The quantitative estimate of drug-likeness (QED) is 0.704. The van der Waals surface area contributed by atoms with Gasteiger partial charge in [0.2, 0.25) is 10.0 Å². The van der Waals surface area contributed by atoms with Gasteiger partial charge < -0.3 is 5.32 Å². The molecule has 2 N–H and O–H groups in total. The van der Waals surface area contributed by atoms with Crippen molar-refractivity contribution < 1.29 is 8.42 Å². The molecule has 0 aliphatic rings. The lowest BCUT2D eigenvalue weighted by atomic mass is 10.2. The van der Waals surface area contributed by atoms with Gasteiger partial charge in [-0.15, -0.1) is 0 Å². The highest BCUT2D eigenvalue weighted by molar-refractivity contribution is 7.89. The van der Waals surface area contributed by atoms with Crippen LogP contribution in [0.3, 0.4) is 0 Å². The Bertz CT molecular complexity index is 430. The van der Waals surface area contributed by atoms with Gasteiger partial charge in [-0.2, -0.15) is 0 Å². The molecule has 0 aliphatic carbocycles. The number of hydrogen-bond donors (Lipinski definition) is 2. The van der Waals surface area contributed by atoms with E-state index in [9.17, 15) is 8.42 Å². The molecule has 0 saturated carbocycles. The molecule has 1 rings (SSSR count). The monoisotopic (exact) mass is 270 g/mol. The zero-order valence-corrected chi connectivity index (χ0v) is 11.8. The summed E-state index contributed by atoms with van der Waals surface area (Å²) in [5.41, 5.74) is 0.974. The van der Waals surface area contributed by atoms with Crippen molar-refractivity contribution in [2.24, 2.45) is 0 Å². The third kappa shape index (κ3) is 6.74. The lowest BCUT2D eigenvalue weighted by molar-refractivity contribution is 0.561. The summed E-state index contributed by atoms with van der Waals surface area (Å²) in [7, 11) is -3.17. The Morgan fingerprint density at radius 1 is 1.17 bits per heavy atom. The van der Waals surface area contributed by atoms with E-state index in [2.05, 4.69) is 10.0 Å². The minimum Gasteiger partial charge on any atom is -0.314 e. The Labute approximate surface area is 110 Å². The predicted octanol–water partition coefficient (Wildman–Crippen LogP) is 1.49. The number of sulfonamides is 1. The standard InChI is InChI=1S/C13H22N2O2S/c1-12(2)14-9-6-10-18(16,17)15-11-13-7-4-3-5-8-13/h3-5,7-8,12,14-15H,6,9-11H2,1-2H3. The van der Waals surface area contributed by atoms with Crippen LogP contribution in [0.5, 0.6) is 0 Å². The lowest BCUT2D eigenvalue weighted by Gasteiger charge is -2.09. The summed E-state index contributed by atoms with van der Waals surface area (Å²) in [4.78, 5) is 0. The molecule has 0 saturated heterocycles. The molecule has 0 bridgehead atoms. The molecule has 0 aliphatic heterocycles. The summed E-state index contributed by atoms with van der Waals surface area (Å²) in [5.74, 6) is 0.166. The fraction of sp³-hybridized carbons (Fsp3) is 0.538. The lowest BCUT2D eigenvalue weighted by Crippen LogP contribution is -2.29. The third-order valence-electron chi connectivity index (χ3n) is 2.48. The van der Waals surface area contributed by atoms with Crippen LogP contribution >= 0.6 is 0 Å². The second-order valence-corrected chi connectivity index (χ2v) is 6.51. The molecule has 0 unspecified atom stereocenters. The first-order valence-corrected chi connectivity index (χ1v) is 7.89. The van der Waals surface area contributed by atoms with E-state index in [1.807, 2.05) is 44.2 Å². The molecule has 0 spiro atoms. The van der Waals surface area contributed by atoms with Crippen LogP contribution in [0.4, 0.5) is 0 Å². The molecule has 1 aromatic rings. The van der Waals surface area contributed by atoms with Crippen LogP contribution in [0, 0.1) is 0 Å². The van der Waals surface area contributed by atoms with Crippen molar-refractivity contribution in [1.82, 2.24) is 10.0 Å². The highest BCUT2D eigenvalue weighted by Crippen LogP contribution is 1.99. The highest BCUT2D eigenvalue weighted by Gasteiger charge is 2.09. The Kier molecular flexibility index (Phi) is 6.32. The van der Waals surface area contributed by atoms with E-state index in [0.717, 1.165) is 12.1 Å². The zero-order valence-electron chi connectivity index (χ0n) is 11.0. The van der Waals surface area contributed by atoms with E-state index >= 15 is 0 Å². The fourth-order valence-electron chi connectivity index (χ4n) is 1.51. The van der Waals surface area contributed by atoms with Gasteiger partial charge in [0.25, 0.3) is 0 Å². The van der Waals surface area contributed by atoms with Crippen molar-refractivity contribution in [2.45, 2.75) is 32.9 Å². The van der Waals surface area contributed by atoms with Gasteiger partial charge in [0, 0.05) is 12.6 Å². The molecule has 102 valence electrons. The first-order valence-electron chi connectivity index (χ1n) is 6.24. The maximum atomic E-state index is 11.7. The summed E-state index contributed by atoms with van der Waals surface area (Å²) >= 11 is 0. The topological polar surface area (TPSA) is 58.2 Å². The average Bonchev–Trinajstić information content (AvgIpc) is 2.34. The Balaban J connectivity index is 2.28. The van der Waals surface area contributed by atoms with Gasteiger partial charge in [0.1, 0.15) is 0 Å². The van der Waals surface area contributed by atoms with Crippen molar-refractivity contribution in [2.75, 3.05) is 12.3 Å². The van der Waals surface area contributed by atoms with E-state index in [1.54, 1.807) is 0 Å². The maximum absolute atomic E-state index is 11.7. The molecule has 0 aromatic heterocycles. The van der Waals surface area contributed by atoms with Crippen LogP contribution in [0.1, 0.15) is 25.8 Å². The van der Waals surface area contributed by atoms with E-state index in [4.69, 9.17) is 0 Å². The summed E-state index contributed by atoms with van der Waals surface area (Å²) in [6, 6.07) is 9.91. The number of hydrogen-bond acceptors (Lipinski definition) is 3. The minimum atomic E-state index is -3.17. The van der Waals surface area contributed by atoms with Crippen LogP contribution in [0.25, 0.3) is 0 Å². The predicted molar refractivity (Wildman–Crippen MR) is 74.8 cm³/mol. The molecule has 0 heterocycles. The first-order chi connectivity index (χ1) is 8.49. The maximum Gasteiger partial charge on any atom is 0.211 e. The van der Waals surface area contributed by atoms with Crippen molar-refractivity contribution in [1.29, 1.82) is 0 Å². The highest BCUT2D eigenvalue weighted by atomic mass is 32.2. The van der Waals surface area contributed by atoms with Crippen LogP contribution in [0.15, 0.2) is 30.3 Å². The summed E-state index contributed by atoms with van der Waals surface area (Å²) in [5, 5.41) is 3.20. The van der Waals surface area contributed by atoms with Gasteiger partial charge in [-0.05, 0) is 18.5 Å². The second kappa shape index (κ2) is 7.51. The normalized spacial score (nSPS) is 11.9. The minimum absolute atomic E-state index is 0.166. The molecule has 0 atom stereocenters. The number of benzene rings is 1. The first kappa shape index (κ1) is 15.1. The van der Waals surface area contributed by atoms with Gasteiger partial charge in [-0.3, -0.25) is 0 Å². The van der Waals surface area contributed by atoms with Crippen LogP contribution in [-0.4, -0.2) is 26.8 Å². The van der Waals surface area contributed by atoms with Crippen molar-refractivity contribution >= 4 is 10.0 Å². The average molecular weight is 270 g/mol. The second-order valence-electron chi connectivity index (χ2n) is 4.59. The van der Waals surface area contributed by atoms with Crippen LogP contribution in [0.2, 0.25) is 0 Å². The summed E-state index contributed by atoms with van der Waals surface area (Å²) in [6.45, 7) is 5.18. The van der Waals surface area contributed by atoms with E-state index in [1.165, 1.54) is 0 Å². The molecule has 4 nitrogen and oxygen atoms in total. The molecule has 5 heteroatoms. The Morgan fingerprint density at radius 2 is 1.83 bits per heavy atom. The molecule has 18 heavy (non-hydrogen) atoms. The van der Waals surface area contributed by atoms with Crippen molar-refractivity contribution in [3.63, 3.8) is 0 Å². The van der Waals surface area contributed by atoms with Crippen LogP contribution < -0.4 is 10.0 Å². The molecular weight excluding hydrogens is 248 g/mol. The largest absolute Gasteiger partial charge is 0.314 e. The smallest absolute Gasteiger partial charge is 0.211 e. The molecule has 0 amide bonds. The fourth-order valence-corrected chi connectivity index (χ4v) is 2.57. The van der Waals surface area contributed by atoms with E-state index in [-0.39, 0.29) is 5.75 Å². The van der Waals surface area contributed by atoms with Gasteiger partial charge in [0.15, 0.2) is 0 Å². The van der Waals surface area contributed by atoms with E-state index in [0.29, 0.717) is 19.0 Å². The number of nitrogens with one attached hydrogen (secondary N) is 2. The van der Waals surface area contributed by atoms with Crippen molar-refractivity contribution in [3.05, 3.63) is 35.9 Å². The molecule has 1 aromatic carbocycles. The SMILES string of the molecule is CC(C)NCCCS(=O)(=O)NCc1ccccc1. The van der Waals surface area contributed by atoms with Gasteiger partial charge in [-0.25, -0.2) is 13.1 Å². The van der Waals surface area contributed by atoms with Gasteiger partial charge >= 0.3 is 0 Å². The Hall–Kier alpha value is -0.910. The summed E-state index contributed by atoms with van der Waals surface area (Å²) < 4.78 is 26.0.